The summed E-state index contributed by atoms with van der Waals surface area (Å²) in [6.07, 6.45) is -0.904. The second-order valence-corrected chi connectivity index (χ2v) is 7.93. The Hall–Kier alpha value is -2.80. The second-order valence-electron chi connectivity index (χ2n) is 7.93. The van der Waals surface area contributed by atoms with Gasteiger partial charge in [0.1, 0.15) is 0 Å². The number of aromatic nitrogens is 1. The predicted octanol–water partition coefficient (Wildman–Crippen LogP) is 3.71. The molecule has 1 aromatic heterocycles. The van der Waals surface area contributed by atoms with Gasteiger partial charge in [-0.05, 0) is 65.0 Å². The number of hydrogen-bond acceptors (Lipinski definition) is 5. The van der Waals surface area contributed by atoms with Crippen LogP contribution >= 0.6 is 0 Å². The van der Waals surface area contributed by atoms with Crippen LogP contribution in [0.3, 0.4) is 0 Å². The van der Waals surface area contributed by atoms with Crippen LogP contribution in [-0.4, -0.2) is 48.9 Å². The molecule has 1 aromatic carbocycles. The van der Waals surface area contributed by atoms with E-state index in [4.69, 9.17) is 9.47 Å². The topological polar surface area (TPSA) is 72.8 Å². The molecule has 1 aliphatic heterocycles. The van der Waals surface area contributed by atoms with E-state index in [2.05, 4.69) is 28.6 Å². The number of benzene rings is 1. The summed E-state index contributed by atoms with van der Waals surface area (Å²) in [5, 5.41) is 2.81. The van der Waals surface area contributed by atoms with Gasteiger partial charge in [-0.3, -0.25) is 4.79 Å². The molecule has 1 aliphatic rings. The highest BCUT2D eigenvalue weighted by Gasteiger charge is 2.23. The van der Waals surface area contributed by atoms with Crippen molar-refractivity contribution in [3.05, 3.63) is 47.3 Å². The molecular weight excluding hydrogens is 382 g/mol. The smallest absolute Gasteiger partial charge is 0.340 e. The molecule has 0 bridgehead atoms. The minimum absolute atomic E-state index is 0.243. The Morgan fingerprint density at radius 2 is 1.70 bits per heavy atom. The largest absolute Gasteiger partial charge is 0.449 e. The van der Waals surface area contributed by atoms with E-state index >= 15 is 0 Å². The molecule has 30 heavy (non-hydrogen) atoms. The second kappa shape index (κ2) is 9.34. The normalized spacial score (nSPS) is 15.2. The maximum Gasteiger partial charge on any atom is 0.340 e. The molecule has 0 unspecified atom stereocenters. The average molecular weight is 414 g/mol. The molecular formula is C23H31N3O4. The van der Waals surface area contributed by atoms with Crippen molar-refractivity contribution in [1.29, 1.82) is 0 Å². The van der Waals surface area contributed by atoms with E-state index in [1.165, 1.54) is 0 Å². The van der Waals surface area contributed by atoms with Gasteiger partial charge in [-0.1, -0.05) is 0 Å². The number of amides is 1. The third-order valence-electron chi connectivity index (χ3n) is 5.38. The molecule has 1 N–H and O–H groups in total. The number of nitrogens with zero attached hydrogens (tertiary/aromatic N) is 2. The molecule has 1 fully saturated rings. The van der Waals surface area contributed by atoms with Crippen molar-refractivity contribution in [3.8, 4) is 0 Å². The summed E-state index contributed by atoms with van der Waals surface area (Å²) in [6, 6.07) is 9.71. The zero-order chi connectivity index (χ0) is 21.8. The van der Waals surface area contributed by atoms with E-state index in [0.717, 1.165) is 43.4 Å². The van der Waals surface area contributed by atoms with Gasteiger partial charge in [-0.2, -0.15) is 0 Å². The summed E-state index contributed by atoms with van der Waals surface area (Å²) in [5.74, 6) is -0.847. The number of esters is 1. The van der Waals surface area contributed by atoms with Gasteiger partial charge in [-0.15, -0.1) is 0 Å². The molecule has 3 rings (SSSR count). The quantitative estimate of drug-likeness (QED) is 0.731. The molecule has 2 aromatic rings. The number of anilines is 2. The maximum absolute atomic E-state index is 12.6. The number of carbonyl (C=O) groups is 2. The minimum Gasteiger partial charge on any atom is -0.449 e. The van der Waals surface area contributed by atoms with E-state index in [1.807, 2.05) is 44.2 Å². The van der Waals surface area contributed by atoms with Crippen molar-refractivity contribution >= 4 is 23.3 Å². The Bertz CT molecular complexity index is 896. The molecule has 162 valence electrons. The third-order valence-corrected chi connectivity index (χ3v) is 5.38. The van der Waals surface area contributed by atoms with Gasteiger partial charge < -0.3 is 24.3 Å². The van der Waals surface area contributed by atoms with Crippen LogP contribution in [0.25, 0.3) is 0 Å². The number of hydrogen-bond donors (Lipinski definition) is 1. The van der Waals surface area contributed by atoms with Crippen molar-refractivity contribution in [2.24, 2.45) is 0 Å². The van der Waals surface area contributed by atoms with E-state index in [-0.39, 0.29) is 11.9 Å². The average Bonchev–Trinajstić information content (AvgIpc) is 3.03. The standard InChI is InChI=1S/C23H31N3O4/c1-15(2)26-16(3)14-21(17(26)4)23(28)30-18(5)22(27)24-19-6-8-20(9-7-19)25-10-12-29-13-11-25/h6-9,14-15,18H,10-13H2,1-5H3,(H,24,27)/t18-/m0/s1. The van der Waals surface area contributed by atoms with Crippen molar-refractivity contribution < 1.29 is 19.1 Å². The first-order valence-electron chi connectivity index (χ1n) is 10.4. The SMILES string of the molecule is Cc1cc(C(=O)O[C@@H](C)C(=O)Nc2ccc(N3CCOCC3)cc2)c(C)n1C(C)C. The first kappa shape index (κ1) is 21.9. The first-order chi connectivity index (χ1) is 14.3. The van der Waals surface area contributed by atoms with E-state index in [1.54, 1.807) is 6.92 Å². The van der Waals surface area contributed by atoms with Crippen LogP contribution in [0.5, 0.6) is 0 Å². The van der Waals surface area contributed by atoms with E-state index < -0.39 is 12.1 Å². The zero-order valence-corrected chi connectivity index (χ0v) is 18.4. The van der Waals surface area contributed by atoms with Crippen LogP contribution in [0.1, 0.15) is 48.6 Å². The van der Waals surface area contributed by atoms with Gasteiger partial charge in [0, 0.05) is 41.9 Å². The summed E-state index contributed by atoms with van der Waals surface area (Å²) >= 11 is 0. The Morgan fingerprint density at radius 1 is 1.07 bits per heavy atom. The van der Waals surface area contributed by atoms with Gasteiger partial charge >= 0.3 is 5.97 Å². The Labute approximate surface area is 178 Å². The molecule has 1 atom stereocenters. The van der Waals surface area contributed by atoms with Crippen LogP contribution in [0.15, 0.2) is 30.3 Å². The Morgan fingerprint density at radius 3 is 2.27 bits per heavy atom. The summed E-state index contributed by atoms with van der Waals surface area (Å²) < 4.78 is 12.9. The fourth-order valence-electron chi connectivity index (χ4n) is 3.88. The summed E-state index contributed by atoms with van der Waals surface area (Å²) in [6.45, 7) is 12.7. The summed E-state index contributed by atoms with van der Waals surface area (Å²) in [7, 11) is 0. The molecule has 0 saturated carbocycles. The van der Waals surface area contributed by atoms with Gasteiger partial charge in [0.15, 0.2) is 6.10 Å². The van der Waals surface area contributed by atoms with E-state index in [0.29, 0.717) is 11.3 Å². The first-order valence-corrected chi connectivity index (χ1v) is 10.4. The number of aryl methyl sites for hydroxylation is 1. The molecule has 1 amide bonds. The van der Waals surface area contributed by atoms with Crippen molar-refractivity contribution in [2.45, 2.75) is 46.8 Å². The van der Waals surface area contributed by atoms with Crippen molar-refractivity contribution in [3.63, 3.8) is 0 Å². The van der Waals surface area contributed by atoms with Crippen molar-refractivity contribution in [2.75, 3.05) is 36.5 Å². The zero-order valence-electron chi connectivity index (χ0n) is 18.4. The Balaban J connectivity index is 1.59. The fourth-order valence-corrected chi connectivity index (χ4v) is 3.88. The van der Waals surface area contributed by atoms with Gasteiger partial charge in [0.2, 0.25) is 0 Å². The summed E-state index contributed by atoms with van der Waals surface area (Å²) in [4.78, 5) is 27.4. The van der Waals surface area contributed by atoms with Crippen LogP contribution < -0.4 is 10.2 Å². The lowest BCUT2D eigenvalue weighted by atomic mass is 10.2. The number of nitrogens with one attached hydrogen (secondary N) is 1. The monoisotopic (exact) mass is 413 g/mol. The minimum atomic E-state index is -0.904. The molecule has 2 heterocycles. The van der Waals surface area contributed by atoms with Gasteiger partial charge in [-0.25, -0.2) is 4.79 Å². The van der Waals surface area contributed by atoms with Crippen LogP contribution in [0.4, 0.5) is 11.4 Å². The van der Waals surface area contributed by atoms with Crippen LogP contribution in [0.2, 0.25) is 0 Å². The highest BCUT2D eigenvalue weighted by molar-refractivity contribution is 5.98. The molecule has 0 aliphatic carbocycles. The number of carbonyl (C=O) groups excluding carboxylic acids is 2. The van der Waals surface area contributed by atoms with Crippen molar-refractivity contribution in [1.82, 2.24) is 4.57 Å². The molecule has 7 nitrogen and oxygen atoms in total. The van der Waals surface area contributed by atoms with Crippen LogP contribution in [-0.2, 0) is 14.3 Å². The highest BCUT2D eigenvalue weighted by atomic mass is 16.5. The number of ether oxygens (including phenoxy) is 2. The molecule has 1 saturated heterocycles. The van der Waals surface area contributed by atoms with Gasteiger partial charge in [0.25, 0.3) is 5.91 Å². The summed E-state index contributed by atoms with van der Waals surface area (Å²) in [5.41, 5.74) is 4.09. The predicted molar refractivity (Wildman–Crippen MR) is 117 cm³/mol. The number of rotatable bonds is 6. The highest BCUT2D eigenvalue weighted by Crippen LogP contribution is 2.22. The fraction of sp³-hybridized carbons (Fsp3) is 0.478. The lowest BCUT2D eigenvalue weighted by molar-refractivity contribution is -0.123. The maximum atomic E-state index is 12.6. The van der Waals surface area contributed by atoms with Crippen LogP contribution in [0, 0.1) is 13.8 Å². The van der Waals surface area contributed by atoms with E-state index in [9.17, 15) is 9.59 Å². The molecule has 7 heteroatoms. The third kappa shape index (κ3) is 4.84. The molecule has 0 spiro atoms. The lowest BCUT2D eigenvalue weighted by Gasteiger charge is -2.28. The van der Waals surface area contributed by atoms with Gasteiger partial charge in [0.05, 0.1) is 18.8 Å². The molecule has 0 radical (unpaired) electrons. The lowest BCUT2D eigenvalue weighted by Crippen LogP contribution is -2.36. The Kier molecular flexibility index (Phi) is 6.82. The number of morpholine rings is 1.